The van der Waals surface area contributed by atoms with E-state index in [1.54, 1.807) is 50.2 Å². The summed E-state index contributed by atoms with van der Waals surface area (Å²) in [6, 6.07) is 9.74. The minimum atomic E-state index is -0.657. The number of halogens is 2. The van der Waals surface area contributed by atoms with Crippen molar-refractivity contribution in [3.63, 3.8) is 0 Å². The Labute approximate surface area is 164 Å². The summed E-state index contributed by atoms with van der Waals surface area (Å²) < 4.78 is 11.2. The molecule has 3 aromatic rings. The predicted octanol–water partition coefficient (Wildman–Crippen LogP) is 5.89. The Bertz CT molecular complexity index is 956. The maximum atomic E-state index is 11.6. The molecule has 0 saturated carbocycles. The summed E-state index contributed by atoms with van der Waals surface area (Å²) in [4.78, 5) is 18.7. The van der Waals surface area contributed by atoms with Gasteiger partial charge in [0.2, 0.25) is 0 Å². The number of hydrogen-bond donors (Lipinski definition) is 0. The molecule has 1 heterocycles. The summed E-state index contributed by atoms with van der Waals surface area (Å²) in [5.74, 6) is 0.230. The molecule has 0 aliphatic carbocycles. The van der Waals surface area contributed by atoms with Crippen molar-refractivity contribution < 1.29 is 14.4 Å². The highest BCUT2D eigenvalue weighted by atomic mass is 35.5. The lowest BCUT2D eigenvalue weighted by Crippen LogP contribution is -2.01. The lowest BCUT2D eigenvalue weighted by molar-refractivity contribution is -0.387. The molecule has 7 nitrogen and oxygen atoms in total. The van der Waals surface area contributed by atoms with Gasteiger partial charge in [-0.1, -0.05) is 23.2 Å². The van der Waals surface area contributed by atoms with Crippen molar-refractivity contribution in [2.75, 3.05) is 0 Å². The molecule has 0 atom stereocenters. The van der Waals surface area contributed by atoms with Gasteiger partial charge in [-0.15, -0.1) is 0 Å². The number of hydrogen-bond acceptors (Lipinski definition) is 6. The van der Waals surface area contributed by atoms with Crippen molar-refractivity contribution in [3.8, 4) is 23.3 Å². The highest BCUT2D eigenvalue weighted by Gasteiger charge is 2.27. The summed E-state index contributed by atoms with van der Waals surface area (Å²) in [7, 11) is 0. The lowest BCUT2D eigenvalue weighted by atomic mass is 10.2. The van der Waals surface area contributed by atoms with Crippen LogP contribution in [0.15, 0.2) is 42.7 Å². The smallest absolute Gasteiger partial charge is 0.393 e. The van der Waals surface area contributed by atoms with Gasteiger partial charge < -0.3 is 9.47 Å². The van der Waals surface area contributed by atoms with E-state index in [4.69, 9.17) is 32.7 Å². The second kappa shape index (κ2) is 7.77. The third kappa shape index (κ3) is 4.27. The molecule has 0 fully saturated rings. The van der Waals surface area contributed by atoms with E-state index in [1.165, 1.54) is 0 Å². The van der Waals surface area contributed by atoms with Gasteiger partial charge in [0.15, 0.2) is 0 Å². The number of aromatic nitrogens is 2. The van der Waals surface area contributed by atoms with Crippen molar-refractivity contribution in [2.24, 2.45) is 0 Å². The maximum absolute atomic E-state index is 11.6. The number of aryl methyl sites for hydroxylation is 2. The third-order valence-corrected chi connectivity index (χ3v) is 4.47. The van der Waals surface area contributed by atoms with Gasteiger partial charge in [0.05, 0.1) is 4.92 Å². The van der Waals surface area contributed by atoms with Crippen molar-refractivity contribution >= 4 is 28.9 Å². The van der Waals surface area contributed by atoms with Crippen molar-refractivity contribution in [1.82, 2.24) is 9.97 Å². The summed E-state index contributed by atoms with van der Waals surface area (Å²) in [5, 5.41) is 12.7. The Morgan fingerprint density at radius 1 is 0.889 bits per heavy atom. The minimum absolute atomic E-state index is 0.239. The van der Waals surface area contributed by atoms with Crippen LogP contribution < -0.4 is 9.47 Å². The number of benzene rings is 2. The first-order valence-corrected chi connectivity index (χ1v) is 8.48. The van der Waals surface area contributed by atoms with Crippen LogP contribution in [-0.4, -0.2) is 14.9 Å². The van der Waals surface area contributed by atoms with Gasteiger partial charge >= 0.3 is 17.4 Å². The fourth-order valence-electron chi connectivity index (χ4n) is 2.24. The SMILES string of the molecule is Cc1cc(Oc2ncnc(Oc3ccc(Cl)c(C)c3)c2[N+](=O)[O-])ccc1Cl. The van der Waals surface area contributed by atoms with Gasteiger partial charge in [-0.05, 0) is 61.4 Å². The molecule has 0 aliphatic rings. The fraction of sp³-hybridized carbons (Fsp3) is 0.111. The first-order chi connectivity index (χ1) is 12.8. The molecule has 3 rings (SSSR count). The van der Waals surface area contributed by atoms with Crippen LogP contribution in [0, 0.1) is 24.0 Å². The van der Waals surface area contributed by atoms with Gasteiger partial charge in [0, 0.05) is 10.0 Å². The zero-order valence-electron chi connectivity index (χ0n) is 14.3. The topological polar surface area (TPSA) is 87.4 Å². The second-order valence-corrected chi connectivity index (χ2v) is 6.43. The highest BCUT2D eigenvalue weighted by Crippen LogP contribution is 2.38. The molecule has 1 aromatic heterocycles. The van der Waals surface area contributed by atoms with E-state index in [2.05, 4.69) is 9.97 Å². The van der Waals surface area contributed by atoms with E-state index < -0.39 is 10.6 Å². The predicted molar refractivity (Wildman–Crippen MR) is 101 cm³/mol. The second-order valence-electron chi connectivity index (χ2n) is 5.62. The van der Waals surface area contributed by atoms with Crippen molar-refractivity contribution in [2.45, 2.75) is 13.8 Å². The average molecular weight is 406 g/mol. The first-order valence-electron chi connectivity index (χ1n) is 7.72. The standard InChI is InChI=1S/C18H13Cl2N3O4/c1-10-7-12(3-5-14(10)19)26-17-16(23(24)25)18(22-9-21-17)27-13-4-6-15(20)11(2)8-13/h3-9H,1-2H3. The van der Waals surface area contributed by atoms with E-state index in [-0.39, 0.29) is 11.8 Å². The third-order valence-electron chi connectivity index (χ3n) is 3.63. The van der Waals surface area contributed by atoms with Crippen LogP contribution in [0.2, 0.25) is 10.0 Å². The Balaban J connectivity index is 1.97. The van der Waals surface area contributed by atoms with E-state index in [9.17, 15) is 10.1 Å². The molecule has 0 radical (unpaired) electrons. The quantitative estimate of drug-likeness (QED) is 0.388. The normalized spacial score (nSPS) is 10.5. The highest BCUT2D eigenvalue weighted by molar-refractivity contribution is 6.31. The Hall–Kier alpha value is -2.90. The van der Waals surface area contributed by atoms with Crippen LogP contribution in [0.25, 0.3) is 0 Å². The molecule has 2 aromatic carbocycles. The van der Waals surface area contributed by atoms with Gasteiger partial charge in [-0.25, -0.2) is 0 Å². The average Bonchev–Trinajstić information content (AvgIpc) is 2.61. The molecular formula is C18H13Cl2N3O4. The molecule has 0 spiro atoms. The Kier molecular flexibility index (Phi) is 5.43. The van der Waals surface area contributed by atoms with E-state index in [0.717, 1.165) is 17.5 Å². The van der Waals surface area contributed by atoms with Gasteiger partial charge in [0.25, 0.3) is 0 Å². The minimum Gasteiger partial charge on any atom is -0.433 e. The van der Waals surface area contributed by atoms with Gasteiger partial charge in [-0.2, -0.15) is 9.97 Å². The Morgan fingerprint density at radius 2 is 1.33 bits per heavy atom. The molecule has 138 valence electrons. The molecular weight excluding hydrogens is 393 g/mol. The maximum Gasteiger partial charge on any atom is 0.393 e. The molecule has 0 unspecified atom stereocenters. The van der Waals surface area contributed by atoms with Crippen LogP contribution in [0.4, 0.5) is 5.69 Å². The van der Waals surface area contributed by atoms with Crippen molar-refractivity contribution in [3.05, 3.63) is 74.0 Å². The van der Waals surface area contributed by atoms with E-state index >= 15 is 0 Å². The number of nitro groups is 1. The molecule has 0 amide bonds. The summed E-state index contributed by atoms with van der Waals surface area (Å²) in [5.41, 5.74) is 1.04. The van der Waals surface area contributed by atoms with Crippen LogP contribution in [0.3, 0.4) is 0 Å². The van der Waals surface area contributed by atoms with E-state index in [1.807, 2.05) is 0 Å². The molecule has 27 heavy (non-hydrogen) atoms. The number of rotatable bonds is 5. The molecule has 0 N–H and O–H groups in total. The first kappa shape index (κ1) is 18.9. The Morgan fingerprint density at radius 3 is 1.70 bits per heavy atom. The van der Waals surface area contributed by atoms with Gasteiger partial charge in [-0.3, -0.25) is 10.1 Å². The molecule has 0 saturated heterocycles. The largest absolute Gasteiger partial charge is 0.433 e. The van der Waals surface area contributed by atoms with Crippen LogP contribution in [0.1, 0.15) is 11.1 Å². The summed E-state index contributed by atoms with van der Waals surface area (Å²) in [6.45, 7) is 3.59. The summed E-state index contributed by atoms with van der Waals surface area (Å²) in [6.07, 6.45) is 1.13. The monoisotopic (exact) mass is 405 g/mol. The van der Waals surface area contributed by atoms with Crippen molar-refractivity contribution in [1.29, 1.82) is 0 Å². The lowest BCUT2D eigenvalue weighted by Gasteiger charge is -2.10. The summed E-state index contributed by atoms with van der Waals surface area (Å²) >= 11 is 12.0. The molecule has 0 aliphatic heterocycles. The fourth-order valence-corrected chi connectivity index (χ4v) is 2.47. The van der Waals surface area contributed by atoms with E-state index in [0.29, 0.717) is 21.5 Å². The zero-order valence-corrected chi connectivity index (χ0v) is 15.8. The number of ether oxygens (including phenoxy) is 2. The van der Waals surface area contributed by atoms with Crippen LogP contribution in [-0.2, 0) is 0 Å². The molecule has 9 heteroatoms. The van der Waals surface area contributed by atoms with Crippen LogP contribution in [0.5, 0.6) is 23.3 Å². The zero-order chi connectivity index (χ0) is 19.6. The van der Waals surface area contributed by atoms with Gasteiger partial charge in [0.1, 0.15) is 17.8 Å². The number of nitrogens with zero attached hydrogens (tertiary/aromatic N) is 3. The molecule has 0 bridgehead atoms. The van der Waals surface area contributed by atoms with Crippen LogP contribution >= 0.6 is 23.2 Å².